The van der Waals surface area contributed by atoms with Crippen LogP contribution in [-0.2, 0) is 6.54 Å². The second kappa shape index (κ2) is 7.68. The molecule has 1 aromatic rings. The Morgan fingerprint density at radius 2 is 1.80 bits per heavy atom. The summed E-state index contributed by atoms with van der Waals surface area (Å²) in [6.45, 7) is 10.1. The zero-order chi connectivity index (χ0) is 14.4. The number of hydrogen-bond donors (Lipinski definition) is 1. The third kappa shape index (κ3) is 4.52. The van der Waals surface area contributed by atoms with Crippen LogP contribution in [0.25, 0.3) is 0 Å². The fraction of sp³-hybridized carbons (Fsp3) is 0.667. The normalized spacial score (nSPS) is 16.9. The SMILES string of the molecule is CCCC1CCN(c2ccc(CNC(C)C)cc2)CC1. The summed E-state index contributed by atoms with van der Waals surface area (Å²) in [6.07, 6.45) is 5.48. The molecule has 1 N–H and O–H groups in total. The highest BCUT2D eigenvalue weighted by molar-refractivity contribution is 5.47. The predicted octanol–water partition coefficient (Wildman–Crippen LogP) is 4.20. The summed E-state index contributed by atoms with van der Waals surface area (Å²) in [7, 11) is 0. The van der Waals surface area contributed by atoms with E-state index in [1.807, 2.05) is 0 Å². The van der Waals surface area contributed by atoms with Gasteiger partial charge in [0.05, 0.1) is 0 Å². The van der Waals surface area contributed by atoms with E-state index in [1.165, 1.54) is 50.0 Å². The maximum atomic E-state index is 3.47. The number of anilines is 1. The van der Waals surface area contributed by atoms with E-state index in [0.29, 0.717) is 6.04 Å². The van der Waals surface area contributed by atoms with Crippen molar-refractivity contribution in [3.63, 3.8) is 0 Å². The summed E-state index contributed by atoms with van der Waals surface area (Å²) >= 11 is 0. The summed E-state index contributed by atoms with van der Waals surface area (Å²) in [5, 5.41) is 3.47. The van der Waals surface area contributed by atoms with E-state index in [9.17, 15) is 0 Å². The van der Waals surface area contributed by atoms with E-state index < -0.39 is 0 Å². The van der Waals surface area contributed by atoms with Crippen molar-refractivity contribution in [3.8, 4) is 0 Å². The molecule has 0 amide bonds. The summed E-state index contributed by atoms with van der Waals surface area (Å²) in [4.78, 5) is 2.55. The summed E-state index contributed by atoms with van der Waals surface area (Å²) in [5.41, 5.74) is 2.77. The van der Waals surface area contributed by atoms with Crippen molar-refractivity contribution in [2.24, 2.45) is 5.92 Å². The molecular formula is C18H30N2. The highest BCUT2D eigenvalue weighted by Gasteiger charge is 2.18. The molecule has 1 heterocycles. The van der Waals surface area contributed by atoms with E-state index in [0.717, 1.165) is 12.5 Å². The minimum absolute atomic E-state index is 0.548. The number of nitrogens with zero attached hydrogens (tertiary/aromatic N) is 1. The van der Waals surface area contributed by atoms with Gasteiger partial charge in [-0.2, -0.15) is 0 Å². The van der Waals surface area contributed by atoms with Crippen molar-refractivity contribution < 1.29 is 0 Å². The Morgan fingerprint density at radius 1 is 1.15 bits per heavy atom. The maximum absolute atomic E-state index is 3.47. The monoisotopic (exact) mass is 274 g/mol. The first-order valence-corrected chi connectivity index (χ1v) is 8.26. The quantitative estimate of drug-likeness (QED) is 0.836. The average molecular weight is 274 g/mol. The Labute approximate surface area is 124 Å². The van der Waals surface area contributed by atoms with Crippen LogP contribution in [0.3, 0.4) is 0 Å². The third-order valence-electron chi connectivity index (χ3n) is 4.33. The van der Waals surface area contributed by atoms with Gasteiger partial charge in [-0.3, -0.25) is 0 Å². The van der Waals surface area contributed by atoms with Gasteiger partial charge in [-0.25, -0.2) is 0 Å². The molecule has 0 bridgehead atoms. The number of rotatable bonds is 6. The lowest BCUT2D eigenvalue weighted by Crippen LogP contribution is -2.33. The molecule has 2 rings (SSSR count). The first-order chi connectivity index (χ1) is 9.69. The van der Waals surface area contributed by atoms with Crippen LogP contribution in [-0.4, -0.2) is 19.1 Å². The van der Waals surface area contributed by atoms with Crippen LogP contribution in [0.2, 0.25) is 0 Å². The van der Waals surface area contributed by atoms with Gasteiger partial charge in [0.15, 0.2) is 0 Å². The Bertz CT molecular complexity index is 375. The molecule has 20 heavy (non-hydrogen) atoms. The first-order valence-electron chi connectivity index (χ1n) is 8.26. The van der Waals surface area contributed by atoms with Crippen LogP contribution >= 0.6 is 0 Å². The smallest absolute Gasteiger partial charge is 0.0366 e. The van der Waals surface area contributed by atoms with Gasteiger partial charge in [0.25, 0.3) is 0 Å². The van der Waals surface area contributed by atoms with E-state index in [2.05, 4.69) is 55.3 Å². The molecule has 1 aliphatic rings. The van der Waals surface area contributed by atoms with Crippen molar-refractivity contribution >= 4 is 5.69 Å². The van der Waals surface area contributed by atoms with Crippen molar-refractivity contribution in [2.75, 3.05) is 18.0 Å². The zero-order valence-corrected chi connectivity index (χ0v) is 13.4. The van der Waals surface area contributed by atoms with Crippen molar-refractivity contribution in [1.82, 2.24) is 5.32 Å². The van der Waals surface area contributed by atoms with Gasteiger partial charge in [0.2, 0.25) is 0 Å². The second-order valence-electron chi connectivity index (χ2n) is 6.42. The van der Waals surface area contributed by atoms with E-state index in [4.69, 9.17) is 0 Å². The van der Waals surface area contributed by atoms with Crippen LogP contribution in [0.4, 0.5) is 5.69 Å². The molecule has 112 valence electrons. The Hall–Kier alpha value is -1.02. The number of hydrogen-bond acceptors (Lipinski definition) is 2. The van der Waals surface area contributed by atoms with Gasteiger partial charge >= 0.3 is 0 Å². The minimum Gasteiger partial charge on any atom is -0.372 e. The summed E-state index contributed by atoms with van der Waals surface area (Å²) < 4.78 is 0. The van der Waals surface area contributed by atoms with E-state index in [-0.39, 0.29) is 0 Å². The lowest BCUT2D eigenvalue weighted by Gasteiger charge is -2.33. The van der Waals surface area contributed by atoms with Gasteiger partial charge in [0.1, 0.15) is 0 Å². The summed E-state index contributed by atoms with van der Waals surface area (Å²) in [5.74, 6) is 0.964. The molecular weight excluding hydrogens is 244 g/mol. The molecule has 0 spiro atoms. The fourth-order valence-electron chi connectivity index (χ4n) is 3.03. The van der Waals surface area contributed by atoms with Crippen LogP contribution in [0, 0.1) is 5.92 Å². The maximum Gasteiger partial charge on any atom is 0.0366 e. The van der Waals surface area contributed by atoms with Gasteiger partial charge in [0, 0.05) is 31.4 Å². The zero-order valence-electron chi connectivity index (χ0n) is 13.4. The topological polar surface area (TPSA) is 15.3 Å². The van der Waals surface area contributed by atoms with Crippen LogP contribution < -0.4 is 10.2 Å². The molecule has 1 aliphatic heterocycles. The van der Waals surface area contributed by atoms with Crippen molar-refractivity contribution in [3.05, 3.63) is 29.8 Å². The molecule has 0 aromatic heterocycles. The second-order valence-corrected chi connectivity index (χ2v) is 6.42. The first kappa shape index (κ1) is 15.4. The lowest BCUT2D eigenvalue weighted by molar-refractivity contribution is 0.378. The highest BCUT2D eigenvalue weighted by Crippen LogP contribution is 2.26. The molecule has 0 unspecified atom stereocenters. The average Bonchev–Trinajstić information content (AvgIpc) is 2.47. The Morgan fingerprint density at radius 3 is 2.35 bits per heavy atom. The lowest BCUT2D eigenvalue weighted by atomic mass is 9.92. The van der Waals surface area contributed by atoms with E-state index in [1.54, 1.807) is 0 Å². The largest absolute Gasteiger partial charge is 0.372 e. The molecule has 1 aromatic carbocycles. The molecule has 0 saturated carbocycles. The van der Waals surface area contributed by atoms with Gasteiger partial charge < -0.3 is 10.2 Å². The van der Waals surface area contributed by atoms with Gasteiger partial charge in [-0.1, -0.05) is 45.7 Å². The number of nitrogens with one attached hydrogen (secondary N) is 1. The van der Waals surface area contributed by atoms with Gasteiger partial charge in [-0.05, 0) is 36.5 Å². The van der Waals surface area contributed by atoms with Crippen LogP contribution in [0.5, 0.6) is 0 Å². The van der Waals surface area contributed by atoms with E-state index >= 15 is 0 Å². The van der Waals surface area contributed by atoms with Crippen LogP contribution in [0.1, 0.15) is 52.0 Å². The molecule has 1 saturated heterocycles. The minimum atomic E-state index is 0.548. The van der Waals surface area contributed by atoms with Crippen LogP contribution in [0.15, 0.2) is 24.3 Å². The number of benzene rings is 1. The Balaban J connectivity index is 1.84. The Kier molecular flexibility index (Phi) is 5.90. The summed E-state index contributed by atoms with van der Waals surface area (Å²) in [6, 6.07) is 9.66. The van der Waals surface area contributed by atoms with Crippen molar-refractivity contribution in [1.29, 1.82) is 0 Å². The molecule has 2 heteroatoms. The highest BCUT2D eigenvalue weighted by atomic mass is 15.1. The molecule has 0 radical (unpaired) electrons. The third-order valence-corrected chi connectivity index (χ3v) is 4.33. The van der Waals surface area contributed by atoms with Gasteiger partial charge in [-0.15, -0.1) is 0 Å². The predicted molar refractivity (Wildman–Crippen MR) is 88.3 cm³/mol. The van der Waals surface area contributed by atoms with Crippen molar-refractivity contribution in [2.45, 2.75) is 59.0 Å². The molecule has 0 aliphatic carbocycles. The number of piperidine rings is 1. The molecule has 2 nitrogen and oxygen atoms in total. The molecule has 1 fully saturated rings. The fourth-order valence-corrected chi connectivity index (χ4v) is 3.03. The molecule has 0 atom stereocenters. The standard InChI is InChI=1S/C18H30N2/c1-4-5-16-10-12-20(13-11-16)18-8-6-17(7-9-18)14-19-15(2)3/h6-9,15-16,19H,4-5,10-14H2,1-3H3.